The van der Waals surface area contributed by atoms with Crippen LogP contribution in [0.1, 0.15) is 39.5 Å². The molecular weight excluding hydrogens is 353 g/mol. The fraction of sp³-hybridized carbons (Fsp3) is 0.526. The number of carboxylic acid groups (broad SMARTS) is 1. The topological polar surface area (TPSA) is 97.3 Å². The number of carboxylic acids is 1. The van der Waals surface area contributed by atoms with Crippen molar-refractivity contribution in [1.82, 2.24) is 15.2 Å². The lowest BCUT2D eigenvalue weighted by molar-refractivity contribution is -0.161. The Labute approximate surface area is 157 Å². The Morgan fingerprint density at radius 1 is 1.26 bits per heavy atom. The molecule has 2 aromatic heterocycles. The Morgan fingerprint density at radius 2 is 2.07 bits per heavy atom. The number of ether oxygens (including phenoxy) is 2. The van der Waals surface area contributed by atoms with Gasteiger partial charge < -0.3 is 14.6 Å². The summed E-state index contributed by atoms with van der Waals surface area (Å²) in [6, 6.07) is 5.52. The summed E-state index contributed by atoms with van der Waals surface area (Å²) >= 11 is 0. The molecule has 2 rings (SSSR count). The molecule has 27 heavy (non-hydrogen) atoms. The molecule has 8 heteroatoms. The van der Waals surface area contributed by atoms with Gasteiger partial charge >= 0.3 is 5.97 Å². The number of H-pyrrole nitrogens is 1. The molecule has 1 atom stereocenters. The zero-order chi connectivity index (χ0) is 19.7. The lowest BCUT2D eigenvalue weighted by atomic mass is 10.1. The van der Waals surface area contributed by atoms with Crippen LogP contribution in [0.15, 0.2) is 30.6 Å². The minimum atomic E-state index is -1.28. The Morgan fingerprint density at radius 3 is 2.70 bits per heavy atom. The maximum Gasteiger partial charge on any atom is 0.335 e. The minimum absolute atomic E-state index is 0.0886. The van der Waals surface area contributed by atoms with E-state index in [1.807, 2.05) is 18.2 Å². The molecule has 1 unspecified atom stereocenters. The van der Waals surface area contributed by atoms with E-state index in [9.17, 15) is 9.18 Å². The summed E-state index contributed by atoms with van der Waals surface area (Å²) in [5.41, 5.74) is 0.341. The Balaban J connectivity index is 1.57. The lowest BCUT2D eigenvalue weighted by Gasteiger charge is -2.20. The normalized spacial score (nSPS) is 12.7. The van der Waals surface area contributed by atoms with Crippen LogP contribution in [0.4, 0.5) is 4.39 Å². The second-order valence-corrected chi connectivity index (χ2v) is 6.74. The lowest BCUT2D eigenvalue weighted by Crippen LogP contribution is -2.35. The molecule has 0 amide bonds. The van der Waals surface area contributed by atoms with Crippen LogP contribution in [0.5, 0.6) is 5.75 Å². The maximum atomic E-state index is 13.8. The highest BCUT2D eigenvalue weighted by molar-refractivity contribution is 5.76. The average Bonchev–Trinajstić information content (AvgIpc) is 3.16. The molecule has 7 nitrogen and oxygen atoms in total. The van der Waals surface area contributed by atoms with Crippen LogP contribution in [-0.2, 0) is 9.53 Å². The van der Waals surface area contributed by atoms with Crippen molar-refractivity contribution >= 4 is 5.97 Å². The van der Waals surface area contributed by atoms with E-state index in [-0.39, 0.29) is 13.0 Å². The van der Waals surface area contributed by atoms with Crippen LogP contribution in [0.25, 0.3) is 11.4 Å². The van der Waals surface area contributed by atoms with Gasteiger partial charge in [0.25, 0.3) is 0 Å². The third-order valence-electron chi connectivity index (χ3n) is 4.10. The predicted molar refractivity (Wildman–Crippen MR) is 98.3 cm³/mol. The van der Waals surface area contributed by atoms with Crippen LogP contribution < -0.4 is 4.74 Å². The highest BCUT2D eigenvalue weighted by Gasteiger charge is 2.27. The Kier molecular flexibility index (Phi) is 7.72. The van der Waals surface area contributed by atoms with Gasteiger partial charge in [0, 0.05) is 12.6 Å². The number of aliphatic carboxylic acids is 1. The van der Waals surface area contributed by atoms with Gasteiger partial charge in [0.05, 0.1) is 30.8 Å². The van der Waals surface area contributed by atoms with Gasteiger partial charge in [-0.1, -0.05) is 0 Å². The first-order valence-corrected chi connectivity index (χ1v) is 8.98. The highest BCUT2D eigenvalue weighted by Crippen LogP contribution is 2.18. The number of nitrogens with one attached hydrogen (secondary N) is 1. The van der Waals surface area contributed by atoms with Crippen LogP contribution in [0.2, 0.25) is 0 Å². The largest absolute Gasteiger partial charge is 0.492 e. The Hall–Kier alpha value is -2.48. The molecule has 0 saturated carbocycles. The molecule has 0 saturated heterocycles. The number of aromatic amines is 1. The molecule has 2 N–H and O–H groups in total. The van der Waals surface area contributed by atoms with Crippen LogP contribution in [-0.4, -0.2) is 51.2 Å². The monoisotopic (exact) mass is 379 g/mol. The number of hydrogen-bond acceptors (Lipinski definition) is 5. The van der Waals surface area contributed by atoms with Crippen molar-refractivity contribution in [3.63, 3.8) is 0 Å². The summed E-state index contributed by atoms with van der Waals surface area (Å²) in [5, 5.41) is 15.6. The van der Waals surface area contributed by atoms with Crippen LogP contribution in [0.3, 0.4) is 0 Å². The van der Waals surface area contributed by atoms with Crippen molar-refractivity contribution in [2.24, 2.45) is 0 Å². The Bertz CT molecular complexity index is 689. The summed E-state index contributed by atoms with van der Waals surface area (Å²) in [5.74, 6) is -0.387. The van der Waals surface area contributed by atoms with E-state index in [0.717, 1.165) is 17.8 Å². The van der Waals surface area contributed by atoms with E-state index in [2.05, 4.69) is 15.2 Å². The number of unbranched alkanes of at least 4 members (excludes halogenated alkanes) is 1. The maximum absolute atomic E-state index is 13.8. The van der Waals surface area contributed by atoms with Gasteiger partial charge in [-0.05, 0) is 51.3 Å². The van der Waals surface area contributed by atoms with Gasteiger partial charge in [0.15, 0.2) is 5.60 Å². The second kappa shape index (κ2) is 10.0. The summed E-state index contributed by atoms with van der Waals surface area (Å²) in [6.07, 6.45) is 4.31. The SMILES string of the molecule is CC(C)(OCCC(F)CCCCOc1ccc(-c2ccn[nH]2)nc1)C(=O)O. The molecular formula is C19H26FN3O4. The smallest absolute Gasteiger partial charge is 0.335 e. The number of pyridine rings is 1. The zero-order valence-electron chi connectivity index (χ0n) is 15.7. The van der Waals surface area contributed by atoms with Crippen molar-refractivity contribution in [1.29, 1.82) is 0 Å². The molecule has 0 radical (unpaired) electrons. The number of nitrogens with zero attached hydrogens (tertiary/aromatic N) is 2. The van der Waals surface area contributed by atoms with Gasteiger partial charge in [0.1, 0.15) is 11.9 Å². The van der Waals surface area contributed by atoms with E-state index < -0.39 is 17.7 Å². The number of halogens is 1. The number of hydrogen-bond donors (Lipinski definition) is 2. The predicted octanol–water partition coefficient (Wildman–Crippen LogP) is 3.63. The molecule has 0 aliphatic carbocycles. The van der Waals surface area contributed by atoms with E-state index in [0.29, 0.717) is 25.2 Å². The van der Waals surface area contributed by atoms with Crippen LogP contribution >= 0.6 is 0 Å². The molecule has 0 aromatic carbocycles. The highest BCUT2D eigenvalue weighted by atomic mass is 19.1. The zero-order valence-corrected chi connectivity index (χ0v) is 15.7. The number of rotatable bonds is 12. The molecule has 2 heterocycles. The summed E-state index contributed by atoms with van der Waals surface area (Å²) in [4.78, 5) is 15.2. The summed E-state index contributed by atoms with van der Waals surface area (Å²) in [7, 11) is 0. The van der Waals surface area contributed by atoms with Gasteiger partial charge in [-0.3, -0.25) is 10.1 Å². The van der Waals surface area contributed by atoms with E-state index in [1.54, 1.807) is 12.4 Å². The third kappa shape index (κ3) is 6.97. The molecule has 0 bridgehead atoms. The van der Waals surface area contributed by atoms with Gasteiger partial charge in [-0.2, -0.15) is 5.10 Å². The van der Waals surface area contributed by atoms with Gasteiger partial charge in [-0.15, -0.1) is 0 Å². The van der Waals surface area contributed by atoms with E-state index >= 15 is 0 Å². The van der Waals surface area contributed by atoms with Crippen molar-refractivity contribution in [2.45, 2.75) is 51.3 Å². The van der Waals surface area contributed by atoms with E-state index in [4.69, 9.17) is 14.6 Å². The number of carbonyl (C=O) groups is 1. The van der Waals surface area contributed by atoms with Gasteiger partial charge in [-0.25, -0.2) is 9.18 Å². The van der Waals surface area contributed by atoms with Crippen molar-refractivity contribution in [2.75, 3.05) is 13.2 Å². The van der Waals surface area contributed by atoms with Gasteiger partial charge in [0.2, 0.25) is 0 Å². The van der Waals surface area contributed by atoms with Crippen molar-refractivity contribution < 1.29 is 23.8 Å². The van der Waals surface area contributed by atoms with Crippen molar-refractivity contribution in [3.05, 3.63) is 30.6 Å². The molecule has 148 valence electrons. The molecule has 0 aliphatic heterocycles. The first-order chi connectivity index (χ1) is 12.9. The molecule has 0 fully saturated rings. The quantitative estimate of drug-likeness (QED) is 0.547. The number of aromatic nitrogens is 3. The third-order valence-corrected chi connectivity index (χ3v) is 4.10. The first kappa shape index (κ1) is 20.8. The fourth-order valence-electron chi connectivity index (χ4n) is 2.33. The summed E-state index contributed by atoms with van der Waals surface area (Å²) in [6.45, 7) is 3.48. The molecule has 0 spiro atoms. The standard InChI is InChI=1S/C19H26FN3O4/c1-19(2,18(24)25)27-12-9-14(20)5-3-4-11-26-15-6-7-16(21-13-15)17-8-10-22-23-17/h6-8,10,13-14H,3-5,9,11-12H2,1-2H3,(H,22,23)(H,24,25). The minimum Gasteiger partial charge on any atom is -0.492 e. The molecule has 2 aromatic rings. The van der Waals surface area contributed by atoms with Crippen molar-refractivity contribution in [3.8, 4) is 17.1 Å². The fourth-order valence-corrected chi connectivity index (χ4v) is 2.33. The first-order valence-electron chi connectivity index (χ1n) is 8.98. The molecule has 0 aliphatic rings. The van der Waals surface area contributed by atoms with E-state index in [1.165, 1.54) is 13.8 Å². The summed E-state index contributed by atoms with van der Waals surface area (Å²) < 4.78 is 24.6. The average molecular weight is 379 g/mol. The van der Waals surface area contributed by atoms with Crippen LogP contribution in [0, 0.1) is 0 Å². The number of alkyl halides is 1. The second-order valence-electron chi connectivity index (χ2n) is 6.74.